The first kappa shape index (κ1) is 26.9. The van der Waals surface area contributed by atoms with E-state index in [1.807, 2.05) is 86.3 Å². The summed E-state index contributed by atoms with van der Waals surface area (Å²) < 4.78 is 33.5. The van der Waals surface area contributed by atoms with Gasteiger partial charge in [-0.2, -0.15) is 13.2 Å². The highest BCUT2D eigenvalue weighted by Crippen LogP contribution is 2.23. The number of benzene rings is 2. The predicted molar refractivity (Wildman–Crippen MR) is 134 cm³/mol. The number of aliphatic carboxylic acids is 1. The van der Waals surface area contributed by atoms with Crippen LogP contribution in [0.5, 0.6) is 0 Å². The summed E-state index contributed by atoms with van der Waals surface area (Å²) in [6, 6.07) is 17.5. The molecule has 0 radical (unpaired) electrons. The van der Waals surface area contributed by atoms with Crippen molar-refractivity contribution < 1.29 is 27.9 Å². The number of alkyl halides is 3. The second kappa shape index (κ2) is 11.4. The Kier molecular flexibility index (Phi) is 8.28. The second-order valence-electron chi connectivity index (χ2n) is 8.07. The van der Waals surface area contributed by atoms with E-state index in [4.69, 9.17) is 9.90 Å². The van der Waals surface area contributed by atoms with Crippen molar-refractivity contribution in [1.82, 2.24) is 14.5 Å². The molecule has 0 aliphatic rings. The Morgan fingerprint density at radius 2 is 1.51 bits per heavy atom. The lowest BCUT2D eigenvalue weighted by Gasteiger charge is -2.08. The summed E-state index contributed by atoms with van der Waals surface area (Å²) in [5.74, 6) is -2.39. The minimum Gasteiger partial charge on any atom is -0.475 e. The molecule has 0 aliphatic heterocycles. The summed E-state index contributed by atoms with van der Waals surface area (Å²) in [4.78, 5) is 30.4. The fourth-order valence-corrected chi connectivity index (χ4v) is 3.15. The number of carbonyl (C=O) groups is 2. The predicted octanol–water partition coefficient (Wildman–Crippen LogP) is 5.73. The Morgan fingerprint density at radius 3 is 2.08 bits per heavy atom. The molecule has 0 fully saturated rings. The average molecular weight is 512 g/mol. The summed E-state index contributed by atoms with van der Waals surface area (Å²) in [5.41, 5.74) is 6.33. The first-order chi connectivity index (χ1) is 17.4. The second-order valence-corrected chi connectivity index (χ2v) is 8.07. The number of nitrogens with one attached hydrogen (secondary N) is 2. The molecule has 11 heteroatoms. The van der Waals surface area contributed by atoms with Crippen LogP contribution in [0.2, 0.25) is 0 Å². The van der Waals surface area contributed by atoms with Gasteiger partial charge in [-0.05, 0) is 55.3 Å². The van der Waals surface area contributed by atoms with Gasteiger partial charge in [0.2, 0.25) is 5.95 Å². The summed E-state index contributed by atoms with van der Waals surface area (Å²) in [6.45, 7) is 4.08. The van der Waals surface area contributed by atoms with Crippen LogP contribution in [0.25, 0.3) is 11.1 Å². The number of hydrogen-bond donors (Lipinski definition) is 3. The third-order valence-electron chi connectivity index (χ3n) is 5.26. The van der Waals surface area contributed by atoms with Crippen molar-refractivity contribution >= 4 is 29.2 Å². The number of halogens is 3. The first-order valence-corrected chi connectivity index (χ1v) is 10.9. The SMILES string of the molecule is Cc1ccc(NC(=O)c2cc(-c3cnc(Nc4ccccc4)nc3)cn2C)cc1C.O=C(O)C(F)(F)F. The molecule has 0 unspecified atom stereocenters. The molecule has 2 aromatic carbocycles. The number of para-hydroxylation sites is 1. The molecule has 0 saturated heterocycles. The quantitative estimate of drug-likeness (QED) is 0.316. The molecule has 3 N–H and O–H groups in total. The van der Waals surface area contributed by atoms with E-state index in [-0.39, 0.29) is 5.91 Å². The molecule has 0 spiro atoms. The fourth-order valence-electron chi connectivity index (χ4n) is 3.15. The molecule has 0 atom stereocenters. The smallest absolute Gasteiger partial charge is 0.475 e. The molecule has 4 rings (SSSR count). The number of anilines is 3. The van der Waals surface area contributed by atoms with Crippen molar-refractivity contribution in [2.45, 2.75) is 20.0 Å². The van der Waals surface area contributed by atoms with Gasteiger partial charge in [0.05, 0.1) is 0 Å². The number of carbonyl (C=O) groups excluding carboxylic acids is 1. The number of aromatic nitrogens is 3. The van der Waals surface area contributed by atoms with Gasteiger partial charge in [-0.25, -0.2) is 14.8 Å². The normalized spacial score (nSPS) is 10.8. The number of amides is 1. The summed E-state index contributed by atoms with van der Waals surface area (Å²) >= 11 is 0. The third kappa shape index (κ3) is 7.40. The van der Waals surface area contributed by atoms with E-state index in [0.717, 1.165) is 28.1 Å². The van der Waals surface area contributed by atoms with Gasteiger partial charge >= 0.3 is 12.1 Å². The number of nitrogens with zero attached hydrogens (tertiary/aromatic N) is 3. The van der Waals surface area contributed by atoms with Crippen LogP contribution in [0.1, 0.15) is 21.6 Å². The minimum absolute atomic E-state index is 0.157. The van der Waals surface area contributed by atoms with Crippen molar-refractivity contribution in [1.29, 1.82) is 0 Å². The molecular weight excluding hydrogens is 487 g/mol. The topological polar surface area (TPSA) is 109 Å². The highest BCUT2D eigenvalue weighted by Gasteiger charge is 2.38. The van der Waals surface area contributed by atoms with E-state index in [0.29, 0.717) is 11.6 Å². The molecule has 8 nitrogen and oxygen atoms in total. The van der Waals surface area contributed by atoms with E-state index >= 15 is 0 Å². The molecule has 2 aromatic heterocycles. The maximum absolute atomic E-state index is 12.8. The van der Waals surface area contributed by atoms with Gasteiger partial charge in [-0.15, -0.1) is 0 Å². The molecule has 4 aromatic rings. The Morgan fingerprint density at radius 1 is 0.892 bits per heavy atom. The average Bonchev–Trinajstić information content (AvgIpc) is 3.24. The van der Waals surface area contributed by atoms with Gasteiger partial charge in [-0.3, -0.25) is 4.79 Å². The van der Waals surface area contributed by atoms with Crippen LogP contribution in [-0.4, -0.2) is 37.7 Å². The van der Waals surface area contributed by atoms with Crippen LogP contribution in [0, 0.1) is 13.8 Å². The zero-order valence-electron chi connectivity index (χ0n) is 20.2. The van der Waals surface area contributed by atoms with Crippen LogP contribution >= 0.6 is 0 Å². The van der Waals surface area contributed by atoms with Crippen molar-refractivity contribution in [2.24, 2.45) is 7.05 Å². The van der Waals surface area contributed by atoms with Crippen LogP contribution < -0.4 is 10.6 Å². The molecule has 37 heavy (non-hydrogen) atoms. The molecular formula is C26H24F3N5O3. The van der Waals surface area contributed by atoms with Crippen molar-refractivity contribution in [3.8, 4) is 11.1 Å². The zero-order valence-corrected chi connectivity index (χ0v) is 20.2. The van der Waals surface area contributed by atoms with Crippen molar-refractivity contribution in [2.75, 3.05) is 10.6 Å². The van der Waals surface area contributed by atoms with Crippen LogP contribution in [-0.2, 0) is 11.8 Å². The molecule has 1 amide bonds. The molecule has 0 saturated carbocycles. The van der Waals surface area contributed by atoms with Crippen LogP contribution in [0.4, 0.5) is 30.5 Å². The van der Waals surface area contributed by atoms with Gasteiger partial charge in [0.15, 0.2) is 0 Å². The van der Waals surface area contributed by atoms with E-state index in [9.17, 15) is 18.0 Å². The molecule has 0 bridgehead atoms. The molecule has 2 heterocycles. The van der Waals surface area contributed by atoms with Crippen LogP contribution in [0.15, 0.2) is 73.2 Å². The summed E-state index contributed by atoms with van der Waals surface area (Å²) in [7, 11) is 1.85. The lowest BCUT2D eigenvalue weighted by Crippen LogP contribution is -2.21. The molecule has 192 valence electrons. The Balaban J connectivity index is 0.000000479. The Hall–Kier alpha value is -4.67. The Bertz CT molecular complexity index is 1390. The maximum Gasteiger partial charge on any atom is 0.490 e. The van der Waals surface area contributed by atoms with E-state index in [1.54, 1.807) is 12.4 Å². The van der Waals surface area contributed by atoms with Crippen LogP contribution in [0.3, 0.4) is 0 Å². The van der Waals surface area contributed by atoms with Gasteiger partial charge in [0, 0.05) is 48.1 Å². The third-order valence-corrected chi connectivity index (χ3v) is 5.26. The van der Waals surface area contributed by atoms with Gasteiger partial charge in [0.25, 0.3) is 5.91 Å². The minimum atomic E-state index is -5.08. The standard InChI is InChI=1S/C24H23N5O.C2HF3O2/c1-16-9-10-21(11-17(16)2)27-23(30)22-12-18(15-29(22)3)19-13-25-24(26-14-19)28-20-7-5-4-6-8-20;3-2(4,5)1(6)7/h4-15H,1-3H3,(H,27,30)(H,25,26,28);(H,6,7). The summed E-state index contributed by atoms with van der Waals surface area (Å²) in [6.07, 6.45) is 0.315. The number of hydrogen-bond acceptors (Lipinski definition) is 5. The van der Waals surface area contributed by atoms with Crippen molar-refractivity contribution in [3.63, 3.8) is 0 Å². The monoisotopic (exact) mass is 511 g/mol. The first-order valence-electron chi connectivity index (χ1n) is 10.9. The summed E-state index contributed by atoms with van der Waals surface area (Å²) in [5, 5.41) is 13.3. The van der Waals surface area contributed by atoms with Gasteiger partial charge in [0.1, 0.15) is 5.69 Å². The van der Waals surface area contributed by atoms with E-state index in [1.165, 1.54) is 5.56 Å². The fraction of sp³-hybridized carbons (Fsp3) is 0.154. The number of carboxylic acids is 1. The maximum atomic E-state index is 12.8. The highest BCUT2D eigenvalue weighted by atomic mass is 19.4. The molecule has 0 aliphatic carbocycles. The lowest BCUT2D eigenvalue weighted by molar-refractivity contribution is -0.192. The largest absolute Gasteiger partial charge is 0.490 e. The number of rotatable bonds is 5. The van der Waals surface area contributed by atoms with E-state index < -0.39 is 12.1 Å². The Labute approximate surface area is 210 Å². The van der Waals surface area contributed by atoms with Crippen molar-refractivity contribution in [3.05, 3.63) is 90.0 Å². The number of carboxylic acid groups (broad SMARTS) is 1. The lowest BCUT2D eigenvalue weighted by atomic mass is 10.1. The van der Waals surface area contributed by atoms with E-state index in [2.05, 4.69) is 20.6 Å². The highest BCUT2D eigenvalue weighted by molar-refractivity contribution is 6.04. The zero-order chi connectivity index (χ0) is 27.2. The van der Waals surface area contributed by atoms with Gasteiger partial charge in [-0.1, -0.05) is 24.3 Å². The van der Waals surface area contributed by atoms with Gasteiger partial charge < -0.3 is 20.3 Å². The number of aryl methyl sites for hydroxylation is 3.